The Morgan fingerprint density at radius 1 is 0.926 bits per heavy atom. The van der Waals surface area contributed by atoms with Crippen LogP contribution in [-0.2, 0) is 4.74 Å². The molecule has 0 amide bonds. The summed E-state index contributed by atoms with van der Waals surface area (Å²) in [4.78, 5) is 3.12. The van der Waals surface area contributed by atoms with E-state index in [0.29, 0.717) is 16.8 Å². The summed E-state index contributed by atoms with van der Waals surface area (Å²) in [5, 5.41) is 10.1. The second-order valence-electron chi connectivity index (χ2n) is 6.30. The summed E-state index contributed by atoms with van der Waals surface area (Å²) in [5.74, 6) is 0.945. The number of benzene rings is 2. The van der Waals surface area contributed by atoms with Gasteiger partial charge in [-0.3, -0.25) is 0 Å². The molecule has 3 heterocycles. The lowest BCUT2D eigenvalue weighted by molar-refractivity contribution is 0.122. The van der Waals surface area contributed by atoms with Crippen LogP contribution in [0.15, 0.2) is 52.9 Å². The van der Waals surface area contributed by atoms with E-state index >= 15 is 0 Å². The summed E-state index contributed by atoms with van der Waals surface area (Å²) in [6.07, 6.45) is 0. The van der Waals surface area contributed by atoms with E-state index in [9.17, 15) is 0 Å². The average Bonchev–Trinajstić information content (AvgIpc) is 3.34. The van der Waals surface area contributed by atoms with Crippen molar-refractivity contribution in [3.63, 3.8) is 0 Å². The van der Waals surface area contributed by atoms with Crippen molar-refractivity contribution >= 4 is 38.7 Å². The third kappa shape index (κ3) is 3.10. The second kappa shape index (κ2) is 6.96. The molecule has 0 bridgehead atoms. The fourth-order valence-electron chi connectivity index (χ4n) is 3.22. The van der Waals surface area contributed by atoms with Gasteiger partial charge < -0.3 is 14.1 Å². The molecule has 5 rings (SSSR count). The van der Waals surface area contributed by atoms with Crippen LogP contribution in [0.25, 0.3) is 32.3 Å². The quantitative estimate of drug-likeness (QED) is 0.481. The number of ether oxygens (including phenoxy) is 1. The summed E-state index contributed by atoms with van der Waals surface area (Å²) in [7, 11) is 0. The molecule has 4 aromatic rings. The van der Waals surface area contributed by atoms with Gasteiger partial charge in [0.2, 0.25) is 5.89 Å². The summed E-state index contributed by atoms with van der Waals surface area (Å²) in [6, 6.07) is 16.2. The molecule has 0 spiro atoms. The molecule has 5 nitrogen and oxygen atoms in total. The number of fused-ring (bicyclic) bond motifs is 1. The van der Waals surface area contributed by atoms with Gasteiger partial charge in [0.15, 0.2) is 0 Å². The number of aromatic nitrogens is 2. The predicted molar refractivity (Wildman–Crippen MR) is 109 cm³/mol. The first-order chi connectivity index (χ1) is 13.3. The Bertz CT molecular complexity index is 1080. The zero-order valence-corrected chi connectivity index (χ0v) is 16.0. The van der Waals surface area contributed by atoms with Crippen LogP contribution < -0.4 is 4.90 Å². The van der Waals surface area contributed by atoms with Crippen molar-refractivity contribution in [2.75, 3.05) is 31.2 Å². The fourth-order valence-corrected chi connectivity index (χ4v) is 4.65. The Morgan fingerprint density at radius 2 is 1.67 bits per heavy atom. The minimum absolute atomic E-state index is 0.452. The Hall–Kier alpha value is -2.41. The van der Waals surface area contributed by atoms with E-state index in [1.54, 1.807) is 11.3 Å². The van der Waals surface area contributed by atoms with Crippen molar-refractivity contribution in [3.8, 4) is 22.2 Å². The molecule has 0 aliphatic carbocycles. The van der Waals surface area contributed by atoms with Gasteiger partial charge in [0.25, 0.3) is 5.89 Å². The Kier molecular flexibility index (Phi) is 4.32. The summed E-state index contributed by atoms with van der Waals surface area (Å²) in [6.45, 7) is 3.36. The first-order valence-electron chi connectivity index (χ1n) is 8.73. The number of morpholine rings is 1. The van der Waals surface area contributed by atoms with E-state index in [-0.39, 0.29) is 0 Å². The standard InChI is InChI=1S/C20H16ClN3O2S/c21-17-15-3-1-2-4-16(15)27-18(17)20-23-22-19(26-20)13-5-7-14(8-6-13)24-9-11-25-12-10-24/h1-8H,9-12H2. The maximum absolute atomic E-state index is 6.52. The topological polar surface area (TPSA) is 51.4 Å². The number of hydrogen-bond donors (Lipinski definition) is 0. The van der Waals surface area contributed by atoms with Crippen molar-refractivity contribution in [2.24, 2.45) is 0 Å². The molecule has 1 saturated heterocycles. The Morgan fingerprint density at radius 3 is 2.44 bits per heavy atom. The van der Waals surface area contributed by atoms with Crippen LogP contribution in [0, 0.1) is 0 Å². The number of halogens is 1. The molecule has 0 N–H and O–H groups in total. The van der Waals surface area contributed by atoms with Crippen molar-refractivity contribution < 1.29 is 9.15 Å². The molecule has 7 heteroatoms. The van der Waals surface area contributed by atoms with Gasteiger partial charge in [-0.2, -0.15) is 0 Å². The third-order valence-electron chi connectivity index (χ3n) is 4.64. The van der Waals surface area contributed by atoms with Gasteiger partial charge in [-0.05, 0) is 30.3 Å². The molecule has 2 aromatic heterocycles. The summed E-state index contributed by atoms with van der Waals surface area (Å²) >= 11 is 8.08. The van der Waals surface area contributed by atoms with Crippen LogP contribution in [0.5, 0.6) is 0 Å². The van der Waals surface area contributed by atoms with Gasteiger partial charge in [0, 0.05) is 34.4 Å². The zero-order valence-electron chi connectivity index (χ0n) is 14.4. The van der Waals surface area contributed by atoms with Crippen molar-refractivity contribution in [3.05, 3.63) is 53.6 Å². The van der Waals surface area contributed by atoms with Crippen LogP contribution >= 0.6 is 22.9 Å². The van der Waals surface area contributed by atoms with Gasteiger partial charge in [-0.1, -0.05) is 29.8 Å². The molecule has 0 atom stereocenters. The highest BCUT2D eigenvalue weighted by molar-refractivity contribution is 7.23. The van der Waals surface area contributed by atoms with Gasteiger partial charge >= 0.3 is 0 Å². The molecule has 1 fully saturated rings. The molecule has 136 valence electrons. The first kappa shape index (κ1) is 16.7. The molecule has 0 unspecified atom stereocenters. The van der Waals surface area contributed by atoms with Crippen LogP contribution in [0.2, 0.25) is 5.02 Å². The monoisotopic (exact) mass is 397 g/mol. The minimum atomic E-state index is 0.452. The number of nitrogens with zero attached hydrogens (tertiary/aromatic N) is 3. The average molecular weight is 398 g/mol. The van der Waals surface area contributed by atoms with Gasteiger partial charge in [-0.15, -0.1) is 21.5 Å². The highest BCUT2D eigenvalue weighted by atomic mass is 35.5. The van der Waals surface area contributed by atoms with Gasteiger partial charge in [0.05, 0.1) is 18.2 Å². The first-order valence-corrected chi connectivity index (χ1v) is 9.93. The van der Waals surface area contributed by atoms with Crippen LogP contribution in [-0.4, -0.2) is 36.5 Å². The van der Waals surface area contributed by atoms with Crippen molar-refractivity contribution in [1.29, 1.82) is 0 Å². The smallest absolute Gasteiger partial charge is 0.259 e. The van der Waals surface area contributed by atoms with Crippen LogP contribution in [0.1, 0.15) is 0 Å². The van der Waals surface area contributed by atoms with E-state index in [4.69, 9.17) is 20.8 Å². The Labute approximate surface area is 165 Å². The Balaban J connectivity index is 1.43. The zero-order chi connectivity index (χ0) is 18.2. The molecule has 1 aliphatic rings. The number of anilines is 1. The molecule has 1 aliphatic heterocycles. The molecule has 0 saturated carbocycles. The molecule has 2 aromatic carbocycles. The number of thiophene rings is 1. The van der Waals surface area contributed by atoms with E-state index in [1.165, 1.54) is 5.69 Å². The summed E-state index contributed by atoms with van der Waals surface area (Å²) < 4.78 is 12.4. The van der Waals surface area contributed by atoms with Gasteiger partial charge in [0.1, 0.15) is 4.88 Å². The lowest BCUT2D eigenvalue weighted by Gasteiger charge is -2.28. The molecule has 27 heavy (non-hydrogen) atoms. The number of rotatable bonds is 3. The lowest BCUT2D eigenvalue weighted by Crippen LogP contribution is -2.36. The third-order valence-corrected chi connectivity index (χ3v) is 6.31. The van der Waals surface area contributed by atoms with E-state index in [2.05, 4.69) is 27.2 Å². The van der Waals surface area contributed by atoms with Crippen molar-refractivity contribution in [2.45, 2.75) is 0 Å². The van der Waals surface area contributed by atoms with Crippen LogP contribution in [0.3, 0.4) is 0 Å². The van der Waals surface area contributed by atoms with E-state index in [1.807, 2.05) is 36.4 Å². The SMILES string of the molecule is Clc1c(-c2nnc(-c3ccc(N4CCOCC4)cc3)o2)sc2ccccc12. The number of hydrogen-bond acceptors (Lipinski definition) is 6. The van der Waals surface area contributed by atoms with Crippen molar-refractivity contribution in [1.82, 2.24) is 10.2 Å². The highest BCUT2D eigenvalue weighted by Gasteiger charge is 2.18. The predicted octanol–water partition coefficient (Wildman–Crippen LogP) is 5.11. The van der Waals surface area contributed by atoms with Crippen LogP contribution in [0.4, 0.5) is 5.69 Å². The minimum Gasteiger partial charge on any atom is -0.415 e. The van der Waals surface area contributed by atoms with E-state index < -0.39 is 0 Å². The molecule has 0 radical (unpaired) electrons. The molecular formula is C20H16ClN3O2S. The maximum Gasteiger partial charge on any atom is 0.259 e. The normalized spacial score (nSPS) is 14.8. The maximum atomic E-state index is 6.52. The largest absolute Gasteiger partial charge is 0.415 e. The van der Waals surface area contributed by atoms with E-state index in [0.717, 1.165) is 46.8 Å². The molecular weight excluding hydrogens is 382 g/mol. The fraction of sp³-hybridized carbons (Fsp3) is 0.200. The lowest BCUT2D eigenvalue weighted by atomic mass is 10.2. The second-order valence-corrected chi connectivity index (χ2v) is 7.73. The highest BCUT2D eigenvalue weighted by Crippen LogP contribution is 2.41. The summed E-state index contributed by atoms with van der Waals surface area (Å²) in [5.41, 5.74) is 2.07. The van der Waals surface area contributed by atoms with Gasteiger partial charge in [-0.25, -0.2) is 0 Å².